The number of unbranched alkanes of at least 4 members (excludes halogenated alkanes) is 4. The van der Waals surface area contributed by atoms with Crippen molar-refractivity contribution in [3.05, 3.63) is 46.9 Å². The molecule has 1 fully saturated rings. The van der Waals surface area contributed by atoms with Crippen LogP contribution < -0.4 is 9.64 Å². The van der Waals surface area contributed by atoms with Gasteiger partial charge >= 0.3 is 0 Å². The highest BCUT2D eigenvalue weighted by Gasteiger charge is 2.23. The second-order valence-corrected chi connectivity index (χ2v) is 9.07. The van der Waals surface area contributed by atoms with Gasteiger partial charge in [-0.15, -0.1) is 0 Å². The maximum atomic E-state index is 12.8. The fourth-order valence-electron chi connectivity index (χ4n) is 4.55. The first kappa shape index (κ1) is 25.0. The lowest BCUT2D eigenvalue weighted by molar-refractivity contribution is -0.131. The van der Waals surface area contributed by atoms with Crippen molar-refractivity contribution in [2.75, 3.05) is 38.2 Å². The second kappa shape index (κ2) is 12.6. The molecule has 2 heterocycles. The van der Waals surface area contributed by atoms with E-state index in [1.807, 2.05) is 19.1 Å². The largest absolute Gasteiger partial charge is 0.497 e. The van der Waals surface area contributed by atoms with Gasteiger partial charge < -0.3 is 14.5 Å². The minimum absolute atomic E-state index is 0.307. The third kappa shape index (κ3) is 7.18. The lowest BCUT2D eigenvalue weighted by Crippen LogP contribution is -2.35. The van der Waals surface area contributed by atoms with E-state index in [1.165, 1.54) is 30.4 Å². The quantitative estimate of drug-likeness (QED) is 0.470. The molecule has 1 aromatic heterocycles. The zero-order valence-electron chi connectivity index (χ0n) is 20.9. The van der Waals surface area contributed by atoms with Gasteiger partial charge in [0.2, 0.25) is 5.91 Å². The first-order valence-electron chi connectivity index (χ1n) is 12.5. The Labute approximate surface area is 199 Å². The zero-order valence-corrected chi connectivity index (χ0v) is 20.9. The molecule has 3 rings (SSSR count). The number of anilines is 1. The van der Waals surface area contributed by atoms with Crippen LogP contribution >= 0.6 is 0 Å². The number of carbonyl (C=O) groups is 1. The molecule has 1 saturated heterocycles. The Kier molecular flexibility index (Phi) is 9.52. The number of nitrogens with zero attached hydrogens (tertiary/aromatic N) is 4. The van der Waals surface area contributed by atoms with Crippen molar-refractivity contribution in [3.63, 3.8) is 0 Å². The van der Waals surface area contributed by atoms with Gasteiger partial charge in [-0.1, -0.05) is 44.7 Å². The van der Waals surface area contributed by atoms with Gasteiger partial charge in [0, 0.05) is 50.3 Å². The first-order valence-corrected chi connectivity index (χ1v) is 12.5. The van der Waals surface area contributed by atoms with Crippen LogP contribution in [0.5, 0.6) is 5.75 Å². The van der Waals surface area contributed by atoms with Gasteiger partial charge in [0.1, 0.15) is 17.4 Å². The zero-order chi connectivity index (χ0) is 23.6. The van der Waals surface area contributed by atoms with Gasteiger partial charge in [-0.25, -0.2) is 9.97 Å². The molecule has 6 nitrogen and oxygen atoms in total. The number of hydrogen-bond acceptors (Lipinski definition) is 5. The van der Waals surface area contributed by atoms with Crippen LogP contribution in [0.3, 0.4) is 0 Å². The molecule has 0 unspecified atom stereocenters. The number of aryl methyl sites for hydroxylation is 2. The highest BCUT2D eigenvalue weighted by Crippen LogP contribution is 2.26. The third-order valence-corrected chi connectivity index (χ3v) is 6.49. The molecule has 180 valence electrons. The van der Waals surface area contributed by atoms with E-state index >= 15 is 0 Å². The molecule has 0 radical (unpaired) electrons. The fraction of sp³-hybridized carbons (Fsp3) is 0.593. The highest BCUT2D eigenvalue weighted by molar-refractivity contribution is 5.76. The minimum atomic E-state index is 0.307. The molecule has 0 spiro atoms. The van der Waals surface area contributed by atoms with Crippen molar-refractivity contribution in [1.29, 1.82) is 0 Å². The Hall–Kier alpha value is -2.63. The summed E-state index contributed by atoms with van der Waals surface area (Å²) in [6, 6.07) is 8.20. The molecule has 33 heavy (non-hydrogen) atoms. The van der Waals surface area contributed by atoms with Crippen LogP contribution in [0.2, 0.25) is 0 Å². The molecule has 0 N–H and O–H groups in total. The number of benzene rings is 1. The standard InChI is InChI=1S/C27H40N4O2/c1-5-6-7-8-9-11-26(32)30-16-10-17-31(19-18-30)27-25(21(2)28-22(3)29-27)20-23-12-14-24(33-4)15-13-23/h12-15H,5-11,16-20H2,1-4H3. The van der Waals surface area contributed by atoms with Gasteiger partial charge in [0.25, 0.3) is 0 Å². The van der Waals surface area contributed by atoms with E-state index in [0.29, 0.717) is 12.3 Å². The lowest BCUT2D eigenvalue weighted by atomic mass is 10.0. The summed E-state index contributed by atoms with van der Waals surface area (Å²) in [7, 11) is 1.69. The highest BCUT2D eigenvalue weighted by atomic mass is 16.5. The van der Waals surface area contributed by atoms with E-state index < -0.39 is 0 Å². The molecule has 6 heteroatoms. The summed E-state index contributed by atoms with van der Waals surface area (Å²) < 4.78 is 5.30. The van der Waals surface area contributed by atoms with Crippen molar-refractivity contribution in [3.8, 4) is 5.75 Å². The normalized spacial score (nSPS) is 14.3. The van der Waals surface area contributed by atoms with E-state index in [0.717, 1.165) is 74.9 Å². The molecule has 1 aliphatic heterocycles. The Morgan fingerprint density at radius 3 is 2.45 bits per heavy atom. The lowest BCUT2D eigenvalue weighted by Gasteiger charge is -2.26. The van der Waals surface area contributed by atoms with E-state index in [-0.39, 0.29) is 0 Å². The molecule has 2 aromatic rings. The van der Waals surface area contributed by atoms with E-state index in [1.54, 1.807) is 7.11 Å². The maximum absolute atomic E-state index is 12.8. The van der Waals surface area contributed by atoms with Crippen molar-refractivity contribution >= 4 is 11.7 Å². The molecular formula is C27H40N4O2. The molecule has 0 saturated carbocycles. The topological polar surface area (TPSA) is 58.6 Å². The van der Waals surface area contributed by atoms with Crippen LogP contribution in [0.4, 0.5) is 5.82 Å². The summed E-state index contributed by atoms with van der Waals surface area (Å²) in [5.74, 6) is 2.98. The van der Waals surface area contributed by atoms with Gasteiger partial charge in [0.15, 0.2) is 0 Å². The smallest absolute Gasteiger partial charge is 0.222 e. The second-order valence-electron chi connectivity index (χ2n) is 9.07. The summed E-state index contributed by atoms with van der Waals surface area (Å²) in [5, 5.41) is 0. The summed E-state index contributed by atoms with van der Waals surface area (Å²) in [6.07, 6.45) is 8.33. The van der Waals surface area contributed by atoms with Gasteiger partial charge in [-0.3, -0.25) is 4.79 Å². The summed E-state index contributed by atoms with van der Waals surface area (Å²) in [5.41, 5.74) is 3.40. The number of carbonyl (C=O) groups excluding carboxylic acids is 1. The predicted molar refractivity (Wildman–Crippen MR) is 134 cm³/mol. The Morgan fingerprint density at radius 2 is 1.73 bits per heavy atom. The summed E-state index contributed by atoms with van der Waals surface area (Å²) in [6.45, 7) is 9.57. The summed E-state index contributed by atoms with van der Waals surface area (Å²) >= 11 is 0. The number of amides is 1. The van der Waals surface area contributed by atoms with Crippen LogP contribution in [0.15, 0.2) is 24.3 Å². The number of methoxy groups -OCH3 is 1. The minimum Gasteiger partial charge on any atom is -0.497 e. The van der Waals surface area contributed by atoms with Crippen LogP contribution in [0, 0.1) is 13.8 Å². The Morgan fingerprint density at radius 1 is 0.970 bits per heavy atom. The Bertz CT molecular complexity index is 898. The average Bonchev–Trinajstić information content (AvgIpc) is 3.07. The van der Waals surface area contributed by atoms with Crippen LogP contribution in [0.1, 0.15) is 74.5 Å². The first-order chi connectivity index (χ1) is 16.0. The molecule has 0 bridgehead atoms. The number of hydrogen-bond donors (Lipinski definition) is 0. The van der Waals surface area contributed by atoms with Gasteiger partial charge in [0.05, 0.1) is 7.11 Å². The van der Waals surface area contributed by atoms with Crippen molar-refractivity contribution in [1.82, 2.24) is 14.9 Å². The number of ether oxygens (including phenoxy) is 1. The monoisotopic (exact) mass is 452 g/mol. The van der Waals surface area contributed by atoms with Crippen molar-refractivity contribution < 1.29 is 9.53 Å². The predicted octanol–water partition coefficient (Wildman–Crippen LogP) is 5.09. The third-order valence-electron chi connectivity index (χ3n) is 6.49. The summed E-state index contributed by atoms with van der Waals surface area (Å²) in [4.78, 5) is 26.7. The van der Waals surface area contributed by atoms with Crippen molar-refractivity contribution in [2.24, 2.45) is 0 Å². The van der Waals surface area contributed by atoms with Crippen LogP contribution in [-0.2, 0) is 11.2 Å². The molecule has 1 aromatic carbocycles. The average molecular weight is 453 g/mol. The molecule has 0 atom stereocenters. The van der Waals surface area contributed by atoms with Gasteiger partial charge in [-0.2, -0.15) is 0 Å². The molecule has 0 aliphatic carbocycles. The SMILES string of the molecule is CCCCCCCC(=O)N1CCCN(c2nc(C)nc(C)c2Cc2ccc(OC)cc2)CC1. The molecule has 1 amide bonds. The molecular weight excluding hydrogens is 412 g/mol. The van der Waals surface area contributed by atoms with Crippen LogP contribution in [-0.4, -0.2) is 54.1 Å². The van der Waals surface area contributed by atoms with E-state index in [9.17, 15) is 4.79 Å². The van der Waals surface area contributed by atoms with E-state index in [2.05, 4.69) is 40.8 Å². The Balaban J connectivity index is 1.67. The number of rotatable bonds is 10. The van der Waals surface area contributed by atoms with E-state index in [4.69, 9.17) is 9.72 Å². The maximum Gasteiger partial charge on any atom is 0.222 e. The van der Waals surface area contributed by atoms with Gasteiger partial charge in [-0.05, 0) is 44.4 Å². The fourth-order valence-corrected chi connectivity index (χ4v) is 4.55. The molecule has 1 aliphatic rings. The van der Waals surface area contributed by atoms with Crippen molar-refractivity contribution in [2.45, 2.75) is 72.1 Å². The number of aromatic nitrogens is 2. The van der Waals surface area contributed by atoms with Crippen LogP contribution in [0.25, 0.3) is 0 Å².